The minimum atomic E-state index is -1.29. The van der Waals surface area contributed by atoms with Gasteiger partial charge in [-0.15, -0.1) is 0 Å². The summed E-state index contributed by atoms with van der Waals surface area (Å²) in [6, 6.07) is 7.57. The van der Waals surface area contributed by atoms with Crippen LogP contribution in [0.5, 0.6) is 0 Å². The Morgan fingerprint density at radius 1 is 1.33 bits per heavy atom. The SMILES string of the molecule is C[C@@](O)(CNC(=O)Nc1ccc(Cl)c(Cl)c1)c1ccco1. The summed E-state index contributed by atoms with van der Waals surface area (Å²) in [4.78, 5) is 11.8. The van der Waals surface area contributed by atoms with Crippen molar-refractivity contribution in [3.63, 3.8) is 0 Å². The number of urea groups is 1. The second-order valence-electron chi connectivity index (χ2n) is 4.69. The Morgan fingerprint density at radius 3 is 2.71 bits per heavy atom. The lowest BCUT2D eigenvalue weighted by Gasteiger charge is -2.21. The molecule has 0 saturated carbocycles. The van der Waals surface area contributed by atoms with E-state index in [0.29, 0.717) is 21.5 Å². The Morgan fingerprint density at radius 2 is 2.10 bits per heavy atom. The number of aliphatic hydroxyl groups is 1. The Balaban J connectivity index is 1.91. The number of hydrogen-bond acceptors (Lipinski definition) is 3. The lowest BCUT2D eigenvalue weighted by molar-refractivity contribution is 0.0372. The quantitative estimate of drug-likeness (QED) is 0.802. The minimum absolute atomic E-state index is 0.00628. The van der Waals surface area contributed by atoms with Crippen LogP contribution in [-0.2, 0) is 5.60 Å². The topological polar surface area (TPSA) is 74.5 Å². The molecule has 0 aliphatic carbocycles. The van der Waals surface area contributed by atoms with Crippen LogP contribution in [0, 0.1) is 0 Å². The van der Waals surface area contributed by atoms with Crippen LogP contribution in [0.4, 0.5) is 10.5 Å². The number of furan rings is 1. The molecule has 2 amide bonds. The molecule has 5 nitrogen and oxygen atoms in total. The number of carbonyl (C=O) groups excluding carboxylic acids is 1. The van der Waals surface area contributed by atoms with E-state index in [-0.39, 0.29) is 6.54 Å². The Hall–Kier alpha value is -1.69. The van der Waals surface area contributed by atoms with Crippen LogP contribution in [0.15, 0.2) is 41.0 Å². The highest BCUT2D eigenvalue weighted by molar-refractivity contribution is 6.42. The smallest absolute Gasteiger partial charge is 0.319 e. The van der Waals surface area contributed by atoms with Gasteiger partial charge >= 0.3 is 6.03 Å². The third kappa shape index (κ3) is 4.14. The van der Waals surface area contributed by atoms with E-state index in [9.17, 15) is 9.90 Å². The average molecular weight is 329 g/mol. The van der Waals surface area contributed by atoms with Gasteiger partial charge in [-0.05, 0) is 37.3 Å². The molecule has 0 aliphatic rings. The molecule has 0 fully saturated rings. The molecule has 0 radical (unpaired) electrons. The highest BCUT2D eigenvalue weighted by Crippen LogP contribution is 2.25. The van der Waals surface area contributed by atoms with Gasteiger partial charge in [0.15, 0.2) is 0 Å². The maximum atomic E-state index is 11.8. The van der Waals surface area contributed by atoms with Crippen molar-refractivity contribution in [2.75, 3.05) is 11.9 Å². The van der Waals surface area contributed by atoms with Gasteiger partial charge in [0.05, 0.1) is 22.9 Å². The van der Waals surface area contributed by atoms with Crippen molar-refractivity contribution < 1.29 is 14.3 Å². The first-order chi connectivity index (χ1) is 9.88. The van der Waals surface area contributed by atoms with E-state index < -0.39 is 11.6 Å². The summed E-state index contributed by atoms with van der Waals surface area (Å²) >= 11 is 11.6. The van der Waals surface area contributed by atoms with E-state index in [1.165, 1.54) is 12.3 Å². The van der Waals surface area contributed by atoms with Crippen molar-refractivity contribution in [3.05, 3.63) is 52.4 Å². The fraction of sp³-hybridized carbons (Fsp3) is 0.214. The van der Waals surface area contributed by atoms with E-state index in [0.717, 1.165) is 0 Å². The van der Waals surface area contributed by atoms with Crippen molar-refractivity contribution in [2.45, 2.75) is 12.5 Å². The molecule has 2 rings (SSSR count). The summed E-state index contributed by atoms with van der Waals surface area (Å²) in [6.07, 6.45) is 1.46. The number of rotatable bonds is 4. The highest BCUT2D eigenvalue weighted by atomic mass is 35.5. The van der Waals surface area contributed by atoms with Crippen molar-refractivity contribution in [1.29, 1.82) is 0 Å². The van der Waals surface area contributed by atoms with Gasteiger partial charge in [0.25, 0.3) is 0 Å². The molecular weight excluding hydrogens is 315 g/mol. The van der Waals surface area contributed by atoms with E-state index >= 15 is 0 Å². The maximum absolute atomic E-state index is 11.8. The van der Waals surface area contributed by atoms with Crippen LogP contribution in [0.3, 0.4) is 0 Å². The van der Waals surface area contributed by atoms with Gasteiger partial charge in [0, 0.05) is 5.69 Å². The standard InChI is InChI=1S/C14H14Cl2N2O3/c1-14(20,12-3-2-6-21-12)8-17-13(19)18-9-4-5-10(15)11(16)7-9/h2-7,20H,8H2,1H3,(H2,17,18,19)/t14-/m1/s1. The van der Waals surface area contributed by atoms with E-state index in [2.05, 4.69) is 10.6 Å². The molecule has 1 atom stereocenters. The Kier molecular flexibility index (Phi) is 4.77. The van der Waals surface area contributed by atoms with Crippen molar-refractivity contribution >= 4 is 34.9 Å². The van der Waals surface area contributed by atoms with Gasteiger partial charge in [0.2, 0.25) is 0 Å². The summed E-state index contributed by atoms with van der Waals surface area (Å²) in [5.41, 5.74) is -0.794. The first kappa shape index (κ1) is 15.7. The summed E-state index contributed by atoms with van der Waals surface area (Å²) < 4.78 is 5.12. The third-order valence-corrected chi connectivity index (χ3v) is 3.56. The molecule has 21 heavy (non-hydrogen) atoms. The zero-order chi connectivity index (χ0) is 15.5. The van der Waals surface area contributed by atoms with Crippen molar-refractivity contribution in [1.82, 2.24) is 5.32 Å². The molecule has 1 heterocycles. The fourth-order valence-electron chi connectivity index (χ4n) is 1.67. The first-order valence-corrected chi connectivity index (χ1v) is 6.90. The number of amides is 2. The lowest BCUT2D eigenvalue weighted by atomic mass is 10.0. The zero-order valence-electron chi connectivity index (χ0n) is 11.2. The summed E-state index contributed by atoms with van der Waals surface area (Å²) in [5.74, 6) is 0.373. The van der Waals surface area contributed by atoms with Crippen LogP contribution < -0.4 is 10.6 Å². The molecule has 0 bridgehead atoms. The minimum Gasteiger partial charge on any atom is -0.466 e. The highest BCUT2D eigenvalue weighted by Gasteiger charge is 2.26. The van der Waals surface area contributed by atoms with Gasteiger partial charge in [-0.25, -0.2) is 4.79 Å². The van der Waals surface area contributed by atoms with E-state index in [4.69, 9.17) is 27.6 Å². The first-order valence-electron chi connectivity index (χ1n) is 6.15. The Labute approximate surface area is 131 Å². The van der Waals surface area contributed by atoms with Crippen LogP contribution in [0.1, 0.15) is 12.7 Å². The summed E-state index contributed by atoms with van der Waals surface area (Å²) in [6.45, 7) is 1.54. The molecule has 0 aliphatic heterocycles. The number of anilines is 1. The van der Waals surface area contributed by atoms with Gasteiger partial charge in [-0.3, -0.25) is 0 Å². The molecule has 2 aromatic rings. The molecule has 112 valence electrons. The zero-order valence-corrected chi connectivity index (χ0v) is 12.7. The number of hydrogen-bond donors (Lipinski definition) is 3. The van der Waals surface area contributed by atoms with Gasteiger partial charge in [-0.2, -0.15) is 0 Å². The number of benzene rings is 1. The molecule has 0 spiro atoms. The van der Waals surface area contributed by atoms with Crippen molar-refractivity contribution in [3.8, 4) is 0 Å². The van der Waals surface area contributed by atoms with E-state index in [1.54, 1.807) is 31.2 Å². The number of carbonyl (C=O) groups is 1. The molecule has 1 aromatic carbocycles. The predicted molar refractivity (Wildman–Crippen MR) is 81.8 cm³/mol. The Bertz CT molecular complexity index is 627. The van der Waals surface area contributed by atoms with Crippen LogP contribution in [-0.4, -0.2) is 17.7 Å². The molecule has 0 saturated heterocycles. The molecule has 1 aromatic heterocycles. The molecule has 7 heteroatoms. The molecule has 3 N–H and O–H groups in total. The largest absolute Gasteiger partial charge is 0.466 e. The second kappa shape index (κ2) is 6.39. The summed E-state index contributed by atoms with van der Waals surface area (Å²) in [5, 5.41) is 16.1. The second-order valence-corrected chi connectivity index (χ2v) is 5.50. The number of halogens is 2. The lowest BCUT2D eigenvalue weighted by Crippen LogP contribution is -2.40. The van der Waals surface area contributed by atoms with Gasteiger partial charge in [-0.1, -0.05) is 23.2 Å². The average Bonchev–Trinajstić information content (AvgIpc) is 2.96. The van der Waals surface area contributed by atoms with Crippen LogP contribution in [0.2, 0.25) is 10.0 Å². The summed E-state index contributed by atoms with van der Waals surface area (Å²) in [7, 11) is 0. The maximum Gasteiger partial charge on any atom is 0.319 e. The monoisotopic (exact) mass is 328 g/mol. The third-order valence-electron chi connectivity index (χ3n) is 2.82. The van der Waals surface area contributed by atoms with Crippen LogP contribution >= 0.6 is 23.2 Å². The normalized spacial score (nSPS) is 13.5. The van der Waals surface area contributed by atoms with E-state index in [1.807, 2.05) is 0 Å². The number of nitrogens with one attached hydrogen (secondary N) is 2. The molecular formula is C14H14Cl2N2O3. The predicted octanol–water partition coefficient (Wildman–Crippen LogP) is 3.62. The van der Waals surface area contributed by atoms with Crippen LogP contribution in [0.25, 0.3) is 0 Å². The van der Waals surface area contributed by atoms with Crippen molar-refractivity contribution in [2.24, 2.45) is 0 Å². The fourth-order valence-corrected chi connectivity index (χ4v) is 1.97. The molecule has 0 unspecified atom stereocenters. The van der Waals surface area contributed by atoms with Gasteiger partial charge in [0.1, 0.15) is 11.4 Å². The van der Waals surface area contributed by atoms with Gasteiger partial charge < -0.3 is 20.2 Å².